The van der Waals surface area contributed by atoms with Gasteiger partial charge >= 0.3 is 7.82 Å². The molecule has 0 fully saturated rings. The summed E-state index contributed by atoms with van der Waals surface area (Å²) in [4.78, 5) is 22.3. The Morgan fingerprint density at radius 3 is 2.39 bits per heavy atom. The Hall–Kier alpha value is -1.62. The number of aliphatic hydroxyl groups excluding tert-OH is 1. The van der Waals surface area contributed by atoms with Crippen LogP contribution in [0.1, 0.15) is 48.5 Å². The molecule has 4 atom stereocenters. The average Bonchev–Trinajstić information content (AvgIpc) is 2.99. The van der Waals surface area contributed by atoms with E-state index in [-0.39, 0.29) is 19.0 Å². The summed E-state index contributed by atoms with van der Waals surface area (Å²) >= 11 is 0. The van der Waals surface area contributed by atoms with Gasteiger partial charge in [0.15, 0.2) is 11.5 Å². The van der Waals surface area contributed by atoms with Crippen LogP contribution in [0.4, 0.5) is 5.82 Å². The van der Waals surface area contributed by atoms with Crippen LogP contribution >= 0.6 is 7.82 Å². The molecule has 4 N–H and O–H groups in total. The van der Waals surface area contributed by atoms with E-state index < -0.39 is 37.2 Å². The average molecular weight is 459 g/mol. The Balaban J connectivity index is 2.16. The molecule has 0 radical (unpaired) electrons. The lowest BCUT2D eigenvalue weighted by Crippen LogP contribution is -2.43. The summed E-state index contributed by atoms with van der Waals surface area (Å²) in [6.07, 6.45) is 1.14. The highest BCUT2D eigenvalue weighted by Crippen LogP contribution is 2.47. The summed E-state index contributed by atoms with van der Waals surface area (Å²) in [6.45, 7) is 12.3. The summed E-state index contributed by atoms with van der Waals surface area (Å²) in [5.41, 5.74) is 5.33. The molecule has 2 heterocycles. The van der Waals surface area contributed by atoms with Gasteiger partial charge in [0.2, 0.25) is 0 Å². The van der Waals surface area contributed by atoms with E-state index in [0.29, 0.717) is 11.2 Å². The highest BCUT2D eigenvalue weighted by molar-refractivity contribution is 7.47. The third kappa shape index (κ3) is 7.78. The van der Waals surface area contributed by atoms with Gasteiger partial charge in [-0.05, 0) is 41.5 Å². The second kappa shape index (κ2) is 9.48. The number of hydrogen-bond acceptors (Lipinski definition) is 9. The Labute approximate surface area is 182 Å². The van der Waals surface area contributed by atoms with Gasteiger partial charge in [0.25, 0.3) is 0 Å². The highest BCUT2D eigenvalue weighted by Gasteiger charge is 2.35. The summed E-state index contributed by atoms with van der Waals surface area (Å²) in [7, 11) is -4.27. The van der Waals surface area contributed by atoms with Gasteiger partial charge in [0, 0.05) is 5.92 Å². The molecular weight excluding hydrogens is 425 g/mol. The van der Waals surface area contributed by atoms with Crippen molar-refractivity contribution < 1.29 is 28.3 Å². The molecule has 0 saturated heterocycles. The van der Waals surface area contributed by atoms with E-state index in [4.69, 9.17) is 19.5 Å². The van der Waals surface area contributed by atoms with E-state index in [1.54, 1.807) is 32.3 Å². The third-order valence-electron chi connectivity index (χ3n) is 4.13. The molecule has 0 saturated carbocycles. The fraction of sp³-hybridized carbons (Fsp3) is 0.737. The van der Waals surface area contributed by atoms with Gasteiger partial charge < -0.3 is 25.0 Å². The number of rotatable bonds is 9. The van der Waals surface area contributed by atoms with Crippen LogP contribution in [0.3, 0.4) is 0 Å². The van der Waals surface area contributed by atoms with Crippen LogP contribution in [0.15, 0.2) is 12.7 Å². The van der Waals surface area contributed by atoms with Gasteiger partial charge in [-0.1, -0.05) is 6.92 Å². The van der Waals surface area contributed by atoms with E-state index in [2.05, 4.69) is 15.0 Å². The van der Waals surface area contributed by atoms with E-state index in [1.807, 2.05) is 20.8 Å². The largest absolute Gasteiger partial charge is 0.472 e. The van der Waals surface area contributed by atoms with Crippen LogP contribution in [0.5, 0.6) is 0 Å². The van der Waals surface area contributed by atoms with Crippen LogP contribution in [0.2, 0.25) is 0 Å². The van der Waals surface area contributed by atoms with Crippen molar-refractivity contribution in [3.8, 4) is 0 Å². The first-order valence-electron chi connectivity index (χ1n) is 10.0. The minimum atomic E-state index is -4.27. The molecule has 4 unspecified atom stereocenters. The maximum Gasteiger partial charge on any atom is 0.472 e. The molecule has 176 valence electrons. The van der Waals surface area contributed by atoms with Crippen LogP contribution in [0.25, 0.3) is 11.2 Å². The maximum absolute atomic E-state index is 12.2. The number of phosphoric acid groups is 1. The lowest BCUT2D eigenvalue weighted by Gasteiger charge is -2.35. The van der Waals surface area contributed by atoms with E-state index in [9.17, 15) is 14.6 Å². The lowest BCUT2D eigenvalue weighted by atomic mass is 9.99. The molecule has 11 nitrogen and oxygen atoms in total. The van der Waals surface area contributed by atoms with Crippen molar-refractivity contribution in [3.63, 3.8) is 0 Å². The quantitative estimate of drug-likeness (QED) is 0.476. The number of aromatic nitrogens is 4. The molecule has 31 heavy (non-hydrogen) atoms. The number of hydrogen-bond donors (Lipinski definition) is 3. The molecule has 0 aromatic carbocycles. The fourth-order valence-corrected chi connectivity index (χ4v) is 4.17. The minimum Gasteiger partial charge on any atom is -0.389 e. The van der Waals surface area contributed by atoms with Gasteiger partial charge in [-0.25, -0.2) is 19.5 Å². The van der Waals surface area contributed by atoms with E-state index in [0.717, 1.165) is 0 Å². The van der Waals surface area contributed by atoms with Crippen molar-refractivity contribution in [2.75, 3.05) is 12.3 Å². The molecule has 12 heteroatoms. The summed E-state index contributed by atoms with van der Waals surface area (Å²) in [6, 6.07) is 0. The molecule has 0 amide bonds. The molecule has 0 aliphatic heterocycles. The number of nitrogens with zero attached hydrogens (tertiary/aromatic N) is 4. The summed E-state index contributed by atoms with van der Waals surface area (Å²) in [5, 5.41) is 11.0. The predicted molar refractivity (Wildman–Crippen MR) is 116 cm³/mol. The van der Waals surface area contributed by atoms with Crippen LogP contribution in [-0.4, -0.2) is 59.5 Å². The number of fused-ring (bicyclic) bond motifs is 1. The first kappa shape index (κ1) is 25.6. The first-order chi connectivity index (χ1) is 14.1. The van der Waals surface area contributed by atoms with Crippen molar-refractivity contribution in [3.05, 3.63) is 12.7 Å². The monoisotopic (exact) mass is 459 g/mol. The van der Waals surface area contributed by atoms with Crippen molar-refractivity contribution in [2.24, 2.45) is 5.92 Å². The zero-order chi connectivity index (χ0) is 23.6. The van der Waals surface area contributed by atoms with Crippen molar-refractivity contribution in [2.45, 2.75) is 78.4 Å². The van der Waals surface area contributed by atoms with Crippen molar-refractivity contribution in [1.82, 2.24) is 19.5 Å². The van der Waals surface area contributed by atoms with Gasteiger partial charge in [0.1, 0.15) is 11.8 Å². The summed E-state index contributed by atoms with van der Waals surface area (Å²) < 4.78 is 30.2. The molecule has 0 bridgehead atoms. The van der Waals surface area contributed by atoms with E-state index in [1.165, 1.54) is 12.7 Å². The number of phosphoric ester groups is 1. The molecular formula is C19H34N5O6P. The number of nitrogens with two attached hydrogens (primary N) is 1. The SMILES string of the molecule is CC(COP(=O)(O)OC(C)(C)C)C(OC(C)(C)C)C(O)Cn1cnc2c(N)ncnc21. The molecule has 2 rings (SSSR count). The van der Waals surface area contributed by atoms with Gasteiger partial charge in [-0.3, -0.25) is 9.05 Å². The Kier molecular flexibility index (Phi) is 7.84. The first-order valence-corrected chi connectivity index (χ1v) is 11.5. The van der Waals surface area contributed by atoms with E-state index >= 15 is 0 Å². The number of aliphatic hydroxyl groups is 1. The minimum absolute atomic E-state index is 0.118. The van der Waals surface area contributed by atoms with Crippen LogP contribution in [0, 0.1) is 5.92 Å². The lowest BCUT2D eigenvalue weighted by molar-refractivity contribution is -0.140. The Morgan fingerprint density at radius 2 is 1.81 bits per heavy atom. The van der Waals surface area contributed by atoms with Crippen molar-refractivity contribution in [1.29, 1.82) is 0 Å². The number of imidazole rings is 1. The molecule has 0 aliphatic carbocycles. The standard InChI is InChI=1S/C19H34N5O6P/c1-12(9-28-31(26,27)30-19(5,6)7)15(29-18(2,3)4)13(25)8-24-11-23-14-16(20)21-10-22-17(14)24/h10-13,15,25H,8-9H2,1-7H3,(H,26,27)(H2,20,21,22). The predicted octanol–water partition coefficient (Wildman–Crippen LogP) is 2.52. The van der Waals surface area contributed by atoms with Gasteiger partial charge in [-0.15, -0.1) is 0 Å². The van der Waals surface area contributed by atoms with Crippen LogP contribution < -0.4 is 5.73 Å². The summed E-state index contributed by atoms with van der Waals surface area (Å²) in [5.74, 6) is -0.187. The fourth-order valence-electron chi connectivity index (χ4n) is 3.00. The zero-order valence-corrected chi connectivity index (χ0v) is 20.0. The highest BCUT2D eigenvalue weighted by atomic mass is 31.2. The maximum atomic E-state index is 12.2. The van der Waals surface area contributed by atoms with Gasteiger partial charge in [0.05, 0.1) is 42.9 Å². The molecule has 0 spiro atoms. The van der Waals surface area contributed by atoms with Gasteiger partial charge in [-0.2, -0.15) is 0 Å². The topological polar surface area (TPSA) is 155 Å². The van der Waals surface area contributed by atoms with Crippen LogP contribution in [-0.2, 0) is 24.9 Å². The second-order valence-electron chi connectivity index (χ2n) is 9.54. The third-order valence-corrected chi connectivity index (χ3v) is 5.39. The second-order valence-corrected chi connectivity index (χ2v) is 10.9. The Bertz CT molecular complexity index is 923. The normalized spacial score (nSPS) is 18.0. The number of anilines is 1. The smallest absolute Gasteiger partial charge is 0.389 e. The Morgan fingerprint density at radius 1 is 1.16 bits per heavy atom. The van der Waals surface area contributed by atoms with Crippen molar-refractivity contribution >= 4 is 24.8 Å². The molecule has 2 aromatic rings. The number of ether oxygens (including phenoxy) is 1. The molecule has 2 aromatic heterocycles. The zero-order valence-electron chi connectivity index (χ0n) is 19.1. The number of nitrogen functional groups attached to an aromatic ring is 1. The molecule has 0 aliphatic rings.